The summed E-state index contributed by atoms with van der Waals surface area (Å²) in [6.07, 6.45) is -6.16. The maximum absolute atomic E-state index is 17.1. The first-order valence-corrected chi connectivity index (χ1v) is 27.0. The van der Waals surface area contributed by atoms with Crippen LogP contribution < -0.4 is 0 Å². The van der Waals surface area contributed by atoms with Crippen LogP contribution in [0.2, 0.25) is 10.1 Å². The predicted molar refractivity (Wildman–Crippen MR) is 250 cm³/mol. The van der Waals surface area contributed by atoms with Gasteiger partial charge >= 0.3 is 17.6 Å². The molecule has 0 aliphatic carbocycles. The average molecular weight is 995 g/mol. The minimum atomic E-state index is -4.73. The van der Waals surface area contributed by atoms with Crippen molar-refractivity contribution in [2.24, 2.45) is 0 Å². The lowest BCUT2D eigenvalue weighted by Gasteiger charge is -2.52. The van der Waals surface area contributed by atoms with Crippen LogP contribution in [-0.2, 0) is 88.2 Å². The van der Waals surface area contributed by atoms with Crippen molar-refractivity contribution in [3.05, 3.63) is 0 Å². The molecule has 0 rings (SSSR count). The number of ether oxygens (including phenoxy) is 12. The Kier molecular flexibility index (Phi) is 32.8. The molecule has 0 aliphatic rings. The third-order valence-corrected chi connectivity index (χ3v) is 18.6. The van der Waals surface area contributed by atoms with Gasteiger partial charge in [0.15, 0.2) is 81.3 Å². The molecule has 0 saturated carbocycles. The van der Waals surface area contributed by atoms with Gasteiger partial charge in [0, 0.05) is 42.7 Å². The summed E-state index contributed by atoms with van der Waals surface area (Å²) in [6.45, 7) is 28.2. The first-order valence-electron chi connectivity index (χ1n) is 23.6. The van der Waals surface area contributed by atoms with Crippen LogP contribution in [0.4, 0.5) is 0 Å². The first-order chi connectivity index (χ1) is 30.9. The number of hydrogen-bond donors (Lipinski definition) is 0. The molecule has 0 aromatic carbocycles. The highest BCUT2D eigenvalue weighted by Crippen LogP contribution is 2.59. The van der Waals surface area contributed by atoms with Crippen molar-refractivity contribution < 1.29 is 88.2 Å². The van der Waals surface area contributed by atoms with Crippen LogP contribution in [0.15, 0.2) is 0 Å². The van der Waals surface area contributed by atoms with Crippen LogP contribution in [0, 0.1) is 0 Å². The molecule has 0 amide bonds. The van der Waals surface area contributed by atoms with E-state index in [4.69, 9.17) is 83.4 Å². The molecule has 14 unspecified atom stereocenters. The molecule has 0 aliphatic heterocycles. The SMILES string of the molecule is CCCCCC(C)(C(=O)C(C)(CCCCC)[Si](OC(C)OC(C)OC)(OC(C)OC(C)OC)OC(C)OC(C)OC)[Si](OC(C)OC(C)OC)(OC(C)OC(C)OC)OC(C)OC(C)OC. The van der Waals surface area contributed by atoms with E-state index in [-0.39, 0.29) is 12.8 Å². The van der Waals surface area contributed by atoms with E-state index in [9.17, 15) is 0 Å². The minimum Gasteiger partial charge on any atom is -0.356 e. The Morgan fingerprint density at radius 2 is 0.530 bits per heavy atom. The highest BCUT2D eigenvalue weighted by atomic mass is 28.4. The summed E-state index contributed by atoms with van der Waals surface area (Å²) in [5, 5.41) is -3.38. The van der Waals surface area contributed by atoms with Crippen molar-refractivity contribution in [2.75, 3.05) is 42.7 Å². The van der Waals surface area contributed by atoms with Crippen LogP contribution in [0.25, 0.3) is 0 Å². The van der Waals surface area contributed by atoms with Crippen molar-refractivity contribution in [3.8, 4) is 0 Å². The van der Waals surface area contributed by atoms with Gasteiger partial charge in [-0.3, -0.25) is 4.79 Å². The third kappa shape index (κ3) is 21.4. The Morgan fingerprint density at radius 3 is 0.682 bits per heavy atom. The van der Waals surface area contributed by atoms with E-state index in [2.05, 4.69) is 13.8 Å². The molecule has 19 nitrogen and oxygen atoms in total. The van der Waals surface area contributed by atoms with Gasteiger partial charge in [-0.05, 0) is 110 Å². The van der Waals surface area contributed by atoms with E-state index in [1.807, 2.05) is 0 Å². The second-order valence-corrected chi connectivity index (χ2v) is 22.6. The Morgan fingerprint density at radius 1 is 0.348 bits per heavy atom. The molecule has 21 heteroatoms. The zero-order valence-electron chi connectivity index (χ0n) is 44.8. The molecule has 0 bridgehead atoms. The number of carbonyl (C=O) groups excluding carboxylic acids is 1. The molecular formula is C45H94O19Si2. The largest absolute Gasteiger partial charge is 0.520 e. The first kappa shape index (κ1) is 65.4. The summed E-state index contributed by atoms with van der Waals surface area (Å²) in [5.74, 6) is -0.405. The van der Waals surface area contributed by atoms with Gasteiger partial charge in [0.1, 0.15) is 0 Å². The van der Waals surface area contributed by atoms with Gasteiger partial charge in [-0.25, -0.2) is 0 Å². The maximum Gasteiger partial charge on any atom is 0.520 e. The van der Waals surface area contributed by atoms with Crippen LogP contribution in [0.1, 0.15) is 162 Å². The molecule has 0 N–H and O–H groups in total. The molecular weight excluding hydrogens is 901 g/mol. The Balaban J connectivity index is 9.16. The molecule has 0 aromatic heterocycles. The van der Waals surface area contributed by atoms with Crippen molar-refractivity contribution in [3.63, 3.8) is 0 Å². The van der Waals surface area contributed by atoms with E-state index in [0.717, 1.165) is 25.7 Å². The van der Waals surface area contributed by atoms with E-state index in [1.165, 1.54) is 42.7 Å². The van der Waals surface area contributed by atoms with Crippen LogP contribution in [0.3, 0.4) is 0 Å². The van der Waals surface area contributed by atoms with Gasteiger partial charge < -0.3 is 83.4 Å². The average Bonchev–Trinajstić information content (AvgIpc) is 3.24. The predicted octanol–water partition coefficient (Wildman–Crippen LogP) is 9.34. The van der Waals surface area contributed by atoms with Crippen molar-refractivity contribution >= 4 is 23.4 Å². The fraction of sp³-hybridized carbons (Fsp3) is 0.978. The van der Waals surface area contributed by atoms with Crippen LogP contribution >= 0.6 is 0 Å². The van der Waals surface area contributed by atoms with Gasteiger partial charge in [0.05, 0.1) is 10.1 Å². The number of rotatable bonds is 42. The monoisotopic (exact) mass is 995 g/mol. The molecule has 14 atom stereocenters. The Labute approximate surface area is 401 Å². The lowest BCUT2D eigenvalue weighted by molar-refractivity contribution is -0.256. The van der Waals surface area contributed by atoms with E-state index < -0.39 is 109 Å². The number of ketones is 1. The third-order valence-electron chi connectivity index (χ3n) is 11.1. The smallest absolute Gasteiger partial charge is 0.356 e. The van der Waals surface area contributed by atoms with Crippen LogP contribution in [-0.4, -0.2) is 142 Å². The Bertz CT molecular complexity index is 1070. The summed E-state index contributed by atoms with van der Waals surface area (Å²) >= 11 is 0. The number of carbonyl (C=O) groups is 1. The normalized spacial score (nSPS) is 21.7. The number of hydrogen-bond acceptors (Lipinski definition) is 19. The van der Waals surface area contributed by atoms with Gasteiger partial charge in [0.25, 0.3) is 0 Å². The van der Waals surface area contributed by atoms with Crippen molar-refractivity contribution in [1.82, 2.24) is 0 Å². The molecule has 66 heavy (non-hydrogen) atoms. The summed E-state index contributed by atoms with van der Waals surface area (Å²) in [5.41, 5.74) is 0. The van der Waals surface area contributed by atoms with Crippen LogP contribution in [0.5, 0.6) is 0 Å². The molecule has 0 aromatic rings. The number of Topliss-reactive ketones (excluding diaryl/α,β-unsaturated/α-hetero) is 1. The topological polar surface area (TPSA) is 183 Å². The highest BCUT2D eigenvalue weighted by Gasteiger charge is 2.74. The van der Waals surface area contributed by atoms with Gasteiger partial charge in [-0.1, -0.05) is 52.4 Å². The lowest BCUT2D eigenvalue weighted by atomic mass is 9.86. The summed E-state index contributed by atoms with van der Waals surface area (Å²) < 4.78 is 113. The summed E-state index contributed by atoms with van der Waals surface area (Å²) in [6, 6.07) is 0. The molecule has 0 heterocycles. The van der Waals surface area contributed by atoms with E-state index in [0.29, 0.717) is 12.8 Å². The standard InChI is InChI=1S/C45H94O19Si2/c1-23-25-27-29-44(15,65(59-37(9)53-31(3)47-17,60-38(10)54-32(4)48-18)61-39(11)55-33(5)49-19)43(46)45(16,30-28-26-24-2)66(62-40(12)56-34(6)50-20,63-41(13)57-35(7)51-21)64-42(14)58-36(8)52-22/h31-42H,23-30H2,1-22H3. The molecule has 0 spiro atoms. The second kappa shape index (κ2) is 33.1. The fourth-order valence-electron chi connectivity index (χ4n) is 7.25. The van der Waals surface area contributed by atoms with E-state index in [1.54, 1.807) is 96.9 Å². The number of methoxy groups -OCH3 is 6. The van der Waals surface area contributed by atoms with Crippen molar-refractivity contribution in [2.45, 2.75) is 248 Å². The molecule has 0 saturated heterocycles. The number of unbranched alkanes of at least 4 members (excludes halogenated alkanes) is 4. The Hall–Kier alpha value is -0.616. The van der Waals surface area contributed by atoms with Crippen molar-refractivity contribution in [1.29, 1.82) is 0 Å². The zero-order chi connectivity index (χ0) is 50.9. The quantitative estimate of drug-likeness (QED) is 0.0320. The minimum absolute atomic E-state index is 0.192. The maximum atomic E-state index is 17.1. The van der Waals surface area contributed by atoms with Gasteiger partial charge in [-0.15, -0.1) is 0 Å². The summed E-state index contributed by atoms with van der Waals surface area (Å²) in [7, 11) is -0.393. The molecule has 0 fully saturated rings. The second-order valence-electron chi connectivity index (χ2n) is 16.8. The highest BCUT2D eigenvalue weighted by molar-refractivity contribution is 6.75. The molecule has 396 valence electrons. The zero-order valence-corrected chi connectivity index (χ0v) is 46.8. The fourth-order valence-corrected chi connectivity index (χ4v) is 14.3. The van der Waals surface area contributed by atoms with Gasteiger partial charge in [-0.2, -0.15) is 0 Å². The lowest BCUT2D eigenvalue weighted by Crippen LogP contribution is -2.69. The van der Waals surface area contributed by atoms with Gasteiger partial charge in [0.2, 0.25) is 0 Å². The molecule has 0 radical (unpaired) electrons. The summed E-state index contributed by atoms with van der Waals surface area (Å²) in [4.78, 5) is 17.1. The van der Waals surface area contributed by atoms with E-state index >= 15 is 4.79 Å².